The normalized spacial score (nSPS) is 11.2. The van der Waals surface area contributed by atoms with Gasteiger partial charge in [-0.3, -0.25) is 0 Å². The molecule has 0 atom stereocenters. The summed E-state index contributed by atoms with van der Waals surface area (Å²) in [5.41, 5.74) is 7.48. The van der Waals surface area contributed by atoms with Crippen LogP contribution in [0, 0.1) is 6.92 Å². The molecule has 0 aliphatic heterocycles. The molecule has 0 bridgehead atoms. The van der Waals surface area contributed by atoms with Crippen LogP contribution in [-0.2, 0) is 4.79 Å². The monoisotopic (exact) mass is 373 g/mol. The fourth-order valence-electron chi connectivity index (χ4n) is 2.96. The van der Waals surface area contributed by atoms with E-state index in [0.29, 0.717) is 12.4 Å². The molecule has 4 heteroatoms. The molecular weight excluding hydrogens is 348 g/mol. The second kappa shape index (κ2) is 10.7. The first-order chi connectivity index (χ1) is 13.7. The molecule has 0 unspecified atom stereocenters. The molecule has 0 amide bonds. The van der Waals surface area contributed by atoms with Crippen LogP contribution in [0.25, 0.3) is 12.2 Å². The van der Waals surface area contributed by atoms with Gasteiger partial charge in [0.25, 0.3) is 0 Å². The Morgan fingerprint density at radius 2 is 2.00 bits per heavy atom. The highest BCUT2D eigenvalue weighted by molar-refractivity contribution is 5.52. The largest absolute Gasteiger partial charge is 0.439 e. The summed E-state index contributed by atoms with van der Waals surface area (Å²) in [6, 6.07) is 12.0. The Bertz CT molecular complexity index is 1010. The molecule has 2 aromatic rings. The maximum atomic E-state index is 8.00. The van der Waals surface area contributed by atoms with Crippen molar-refractivity contribution in [1.82, 2.24) is 4.98 Å². The summed E-state index contributed by atoms with van der Waals surface area (Å²) in [6.07, 6.45) is 6.48. The summed E-state index contributed by atoms with van der Waals surface area (Å²) in [5, 5.41) is 2.18. The number of carbonyl (C=O) groups is 1. The van der Waals surface area contributed by atoms with E-state index in [1.807, 2.05) is 31.1 Å². The van der Waals surface area contributed by atoms with Crippen molar-refractivity contribution >= 4 is 24.6 Å². The van der Waals surface area contributed by atoms with Crippen LogP contribution in [0.4, 0.5) is 5.69 Å². The van der Waals surface area contributed by atoms with Crippen LogP contribution >= 0.6 is 0 Å². The maximum Gasteiger partial charge on any atom is 0.219 e. The van der Waals surface area contributed by atoms with Gasteiger partial charge in [-0.15, -0.1) is 0 Å². The summed E-state index contributed by atoms with van der Waals surface area (Å²) >= 11 is 0. The number of anilines is 1. The van der Waals surface area contributed by atoms with E-state index in [-0.39, 0.29) is 0 Å². The number of rotatable bonds is 6. The Hall–Kier alpha value is -3.32. The maximum absolute atomic E-state index is 8.00. The summed E-state index contributed by atoms with van der Waals surface area (Å²) in [4.78, 5) is 14.8. The van der Waals surface area contributed by atoms with Gasteiger partial charge in [-0.2, -0.15) is 0 Å². The highest BCUT2D eigenvalue weighted by atomic mass is 16.5. The second-order valence-electron chi connectivity index (χ2n) is 6.13. The Kier molecular flexibility index (Phi) is 8.05. The molecule has 0 fully saturated rings. The third-order valence-corrected chi connectivity index (χ3v) is 4.23. The molecule has 0 N–H and O–H groups in total. The Morgan fingerprint density at radius 1 is 1.21 bits per heavy atom. The zero-order valence-corrected chi connectivity index (χ0v) is 16.3. The van der Waals surface area contributed by atoms with Gasteiger partial charge >= 0.3 is 0 Å². The molecule has 1 aromatic heterocycles. The van der Waals surface area contributed by atoms with Gasteiger partial charge < -0.3 is 14.4 Å². The number of hydrogen-bond acceptors (Lipinski definition) is 4. The minimum absolute atomic E-state index is 0.614. The molecule has 0 saturated carbocycles. The van der Waals surface area contributed by atoms with Gasteiger partial charge in [-0.25, -0.2) is 4.98 Å². The Morgan fingerprint density at radius 3 is 2.75 bits per heavy atom. The van der Waals surface area contributed by atoms with Crippen LogP contribution in [0.15, 0.2) is 60.0 Å². The van der Waals surface area contributed by atoms with Crippen LogP contribution in [0.1, 0.15) is 19.8 Å². The molecule has 1 aliphatic rings. The smallest absolute Gasteiger partial charge is 0.219 e. The summed E-state index contributed by atoms with van der Waals surface area (Å²) in [7, 11) is 0. The highest BCUT2D eigenvalue weighted by Gasteiger charge is 2.07. The lowest BCUT2D eigenvalue weighted by Crippen LogP contribution is -2.29. The van der Waals surface area contributed by atoms with Crippen molar-refractivity contribution in [3.63, 3.8) is 0 Å². The van der Waals surface area contributed by atoms with Crippen molar-refractivity contribution in [1.29, 1.82) is 0 Å². The minimum Gasteiger partial charge on any atom is -0.439 e. The fourth-order valence-corrected chi connectivity index (χ4v) is 2.96. The van der Waals surface area contributed by atoms with E-state index in [1.165, 1.54) is 5.22 Å². The lowest BCUT2D eigenvalue weighted by molar-refractivity contribution is -0.0979. The SMILES string of the molecule is C=O.[CH2]C(=C=C=C)CN(CC)c1cccc(Oc2ccc3c(n2)=CCCC=3)c1. The van der Waals surface area contributed by atoms with E-state index in [2.05, 4.69) is 66.1 Å². The van der Waals surface area contributed by atoms with Gasteiger partial charge in [-0.1, -0.05) is 29.7 Å². The van der Waals surface area contributed by atoms with Gasteiger partial charge in [0.2, 0.25) is 5.88 Å². The van der Waals surface area contributed by atoms with Gasteiger partial charge in [0, 0.05) is 30.9 Å². The molecule has 0 spiro atoms. The number of hydrogen-bond donors (Lipinski definition) is 0. The number of carbonyl (C=O) groups excluding carboxylic acids is 1. The van der Waals surface area contributed by atoms with Gasteiger partial charge in [0.15, 0.2) is 0 Å². The number of likely N-dealkylation sites (N-methyl/N-ethyl adjacent to an activating group) is 1. The second-order valence-corrected chi connectivity index (χ2v) is 6.13. The summed E-state index contributed by atoms with van der Waals surface area (Å²) < 4.78 is 6.00. The molecular formula is C24H25N2O2. The first-order valence-corrected chi connectivity index (χ1v) is 9.14. The number of aromatic nitrogens is 1. The Labute approximate surface area is 166 Å². The fraction of sp³-hybridized carbons (Fsp3) is 0.208. The molecule has 28 heavy (non-hydrogen) atoms. The van der Waals surface area contributed by atoms with Crippen LogP contribution in [0.5, 0.6) is 11.6 Å². The van der Waals surface area contributed by atoms with E-state index in [4.69, 9.17) is 9.53 Å². The van der Waals surface area contributed by atoms with Crippen molar-refractivity contribution in [2.24, 2.45) is 0 Å². The third-order valence-electron chi connectivity index (χ3n) is 4.23. The van der Waals surface area contributed by atoms with Crippen molar-refractivity contribution in [2.45, 2.75) is 19.8 Å². The van der Waals surface area contributed by atoms with Crippen molar-refractivity contribution in [3.05, 3.63) is 77.5 Å². The first-order valence-electron chi connectivity index (χ1n) is 9.14. The molecule has 4 nitrogen and oxygen atoms in total. The van der Waals surface area contributed by atoms with Crippen molar-refractivity contribution < 1.29 is 9.53 Å². The van der Waals surface area contributed by atoms with Gasteiger partial charge in [-0.05, 0) is 62.3 Å². The zero-order valence-electron chi connectivity index (χ0n) is 16.3. The van der Waals surface area contributed by atoms with Crippen molar-refractivity contribution in [2.75, 3.05) is 18.0 Å². The zero-order chi connectivity index (χ0) is 20.4. The number of nitrogens with zero attached hydrogens (tertiary/aromatic N) is 2. The molecule has 3 rings (SSSR count). The first kappa shape index (κ1) is 21.0. The molecule has 143 valence electrons. The van der Waals surface area contributed by atoms with Gasteiger partial charge in [0.05, 0.1) is 5.35 Å². The van der Waals surface area contributed by atoms with Gasteiger partial charge in [0.1, 0.15) is 12.5 Å². The van der Waals surface area contributed by atoms with Crippen molar-refractivity contribution in [3.8, 4) is 11.6 Å². The molecule has 1 radical (unpaired) electrons. The lowest BCUT2D eigenvalue weighted by Gasteiger charge is -2.23. The summed E-state index contributed by atoms with van der Waals surface area (Å²) in [6.45, 7) is 13.2. The predicted octanol–water partition coefficient (Wildman–Crippen LogP) is 3.57. The topological polar surface area (TPSA) is 42.4 Å². The highest BCUT2D eigenvalue weighted by Crippen LogP contribution is 2.25. The quantitative estimate of drug-likeness (QED) is 0.726. The molecule has 1 aliphatic carbocycles. The Balaban J connectivity index is 0.00000136. The van der Waals surface area contributed by atoms with E-state index < -0.39 is 0 Å². The van der Waals surface area contributed by atoms with Crippen LogP contribution in [0.2, 0.25) is 0 Å². The number of ether oxygens (including phenoxy) is 1. The van der Waals surface area contributed by atoms with E-state index >= 15 is 0 Å². The number of fused-ring (bicyclic) bond motifs is 1. The molecule has 0 saturated heterocycles. The lowest BCUT2D eigenvalue weighted by atomic mass is 10.1. The number of pyridine rings is 1. The average molecular weight is 373 g/mol. The standard InChI is InChI=1S/C23H23N2O.CH2O/c1-4-9-18(3)17-25(5-2)20-11-8-12-21(16-20)26-23-15-14-19-10-6-7-13-22(19)24-23;1-2/h8,10-16H,1,3,5-7,17H2,2H3;1H2. The predicted molar refractivity (Wildman–Crippen MR) is 115 cm³/mol. The summed E-state index contributed by atoms with van der Waals surface area (Å²) in [5.74, 6) is 1.38. The van der Waals surface area contributed by atoms with Crippen LogP contribution in [0.3, 0.4) is 0 Å². The van der Waals surface area contributed by atoms with Crippen LogP contribution < -0.4 is 20.2 Å². The molecule has 1 heterocycles. The molecule has 1 aromatic carbocycles. The third kappa shape index (κ3) is 5.59. The van der Waals surface area contributed by atoms with E-state index in [9.17, 15) is 0 Å². The van der Waals surface area contributed by atoms with Crippen LogP contribution in [-0.4, -0.2) is 24.9 Å². The minimum atomic E-state index is 0.614. The average Bonchev–Trinajstić information content (AvgIpc) is 2.74. The van der Waals surface area contributed by atoms with E-state index in [1.54, 1.807) is 0 Å². The number of benzene rings is 1. The van der Waals surface area contributed by atoms with E-state index in [0.717, 1.165) is 41.7 Å².